The molecule has 7 heteroatoms. The van der Waals surface area contributed by atoms with Crippen molar-refractivity contribution in [1.82, 2.24) is 5.32 Å². The van der Waals surface area contributed by atoms with Crippen molar-refractivity contribution in [1.29, 1.82) is 0 Å². The van der Waals surface area contributed by atoms with Gasteiger partial charge in [-0.15, -0.1) is 0 Å². The van der Waals surface area contributed by atoms with E-state index >= 15 is 0 Å². The minimum absolute atomic E-state index is 0.134. The number of carbonyl (C=O) groups is 1. The van der Waals surface area contributed by atoms with Crippen LogP contribution in [0.5, 0.6) is 0 Å². The van der Waals surface area contributed by atoms with Crippen molar-refractivity contribution >= 4 is 27.6 Å². The number of hydrogen-bond donors (Lipinski definition) is 1. The van der Waals surface area contributed by atoms with Gasteiger partial charge in [0.05, 0.1) is 12.9 Å². The molecule has 1 N–H and O–H groups in total. The van der Waals surface area contributed by atoms with E-state index in [0.717, 1.165) is 0 Å². The zero-order valence-electron chi connectivity index (χ0n) is 9.15. The predicted molar refractivity (Wildman–Crippen MR) is 61.9 cm³/mol. The number of ether oxygens (including phenoxy) is 1. The molecule has 0 aliphatic heterocycles. The molecule has 5 nitrogen and oxygen atoms in total. The van der Waals surface area contributed by atoms with E-state index in [4.69, 9.17) is 0 Å². The zero-order chi connectivity index (χ0) is 11.9. The highest BCUT2D eigenvalue weighted by Gasteiger charge is 2.16. The van der Waals surface area contributed by atoms with Gasteiger partial charge in [-0.2, -0.15) is 11.8 Å². The monoisotopic (exact) mass is 255 g/mol. The highest BCUT2D eigenvalue weighted by atomic mass is 32.2. The van der Waals surface area contributed by atoms with Gasteiger partial charge in [0.2, 0.25) is 0 Å². The van der Waals surface area contributed by atoms with Gasteiger partial charge in [0.25, 0.3) is 0 Å². The van der Waals surface area contributed by atoms with Crippen LogP contribution in [-0.2, 0) is 19.4 Å². The van der Waals surface area contributed by atoms with Crippen LogP contribution >= 0.6 is 11.8 Å². The Morgan fingerprint density at radius 3 is 2.53 bits per heavy atom. The van der Waals surface area contributed by atoms with E-state index in [9.17, 15) is 13.2 Å². The summed E-state index contributed by atoms with van der Waals surface area (Å²) in [5.41, 5.74) is 0. The molecule has 0 aromatic carbocycles. The summed E-state index contributed by atoms with van der Waals surface area (Å²) < 4.78 is 26.2. The summed E-state index contributed by atoms with van der Waals surface area (Å²) in [5, 5.41) is 2.81. The van der Waals surface area contributed by atoms with Gasteiger partial charge < -0.3 is 10.1 Å². The average molecular weight is 255 g/mol. The van der Waals surface area contributed by atoms with Gasteiger partial charge >= 0.3 is 5.97 Å². The third-order valence-electron chi connectivity index (χ3n) is 1.72. The van der Waals surface area contributed by atoms with Gasteiger partial charge in [0.1, 0.15) is 15.9 Å². The summed E-state index contributed by atoms with van der Waals surface area (Å²) in [6.45, 7) is 0. The molecule has 0 aliphatic carbocycles. The summed E-state index contributed by atoms with van der Waals surface area (Å²) >= 11 is 1.41. The smallest absolute Gasteiger partial charge is 0.323 e. The van der Waals surface area contributed by atoms with Crippen molar-refractivity contribution in [3.8, 4) is 0 Å². The Labute approximate surface area is 94.9 Å². The van der Waals surface area contributed by atoms with E-state index in [1.54, 1.807) is 7.05 Å². The lowest BCUT2D eigenvalue weighted by Gasteiger charge is -2.12. The summed E-state index contributed by atoms with van der Waals surface area (Å²) in [6.07, 6.45) is 1.20. The van der Waals surface area contributed by atoms with Gasteiger partial charge in [-0.3, -0.25) is 4.79 Å². The van der Waals surface area contributed by atoms with Gasteiger partial charge in [-0.05, 0) is 7.05 Å². The second kappa shape index (κ2) is 7.08. The molecule has 0 aromatic heterocycles. The minimum atomic E-state index is -2.91. The Morgan fingerprint density at radius 2 is 2.13 bits per heavy atom. The Bertz CT molecular complexity index is 289. The molecule has 1 atom stereocenters. The molecule has 1 unspecified atom stereocenters. The Hall–Kier alpha value is -0.270. The molecule has 15 heavy (non-hydrogen) atoms. The molecule has 0 saturated heterocycles. The lowest BCUT2D eigenvalue weighted by molar-refractivity contribution is -0.142. The normalized spacial score (nSPS) is 13.5. The molecular weight excluding hydrogens is 238 g/mol. The quantitative estimate of drug-likeness (QED) is 0.489. The molecule has 0 radical (unpaired) electrons. The molecule has 0 heterocycles. The van der Waals surface area contributed by atoms with Gasteiger partial charge in [0, 0.05) is 17.8 Å². The van der Waals surface area contributed by atoms with Crippen LogP contribution in [0, 0.1) is 0 Å². The third-order valence-corrected chi connectivity index (χ3v) is 3.98. The van der Waals surface area contributed by atoms with Crippen LogP contribution < -0.4 is 5.32 Å². The molecule has 0 spiro atoms. The van der Waals surface area contributed by atoms with Crippen molar-refractivity contribution in [2.24, 2.45) is 0 Å². The van der Waals surface area contributed by atoms with E-state index in [1.807, 2.05) is 0 Å². The fraction of sp³-hybridized carbons (Fsp3) is 0.875. The fourth-order valence-electron chi connectivity index (χ4n) is 0.823. The molecule has 0 bridgehead atoms. The number of nitrogens with one attached hydrogen (secondary N) is 1. The van der Waals surface area contributed by atoms with E-state index < -0.39 is 9.84 Å². The highest BCUT2D eigenvalue weighted by Crippen LogP contribution is 2.05. The molecule has 0 aromatic rings. The largest absolute Gasteiger partial charge is 0.468 e. The van der Waals surface area contributed by atoms with E-state index in [2.05, 4.69) is 10.1 Å². The van der Waals surface area contributed by atoms with E-state index in [0.29, 0.717) is 11.5 Å². The number of carbonyl (C=O) groups excluding carboxylic acids is 1. The average Bonchev–Trinajstić information content (AvgIpc) is 2.15. The first-order valence-electron chi connectivity index (χ1n) is 4.41. The Kier molecular flexibility index (Phi) is 6.95. The number of hydrogen-bond acceptors (Lipinski definition) is 6. The van der Waals surface area contributed by atoms with Crippen LogP contribution in [0.3, 0.4) is 0 Å². The van der Waals surface area contributed by atoms with Crippen LogP contribution in [0.4, 0.5) is 0 Å². The van der Waals surface area contributed by atoms with E-state index in [1.165, 1.54) is 25.1 Å². The van der Waals surface area contributed by atoms with Crippen molar-refractivity contribution in [3.05, 3.63) is 0 Å². The van der Waals surface area contributed by atoms with Gasteiger partial charge in [-0.1, -0.05) is 0 Å². The summed E-state index contributed by atoms with van der Waals surface area (Å²) in [4.78, 5) is 11.1. The SMILES string of the molecule is CNC(CSCCS(C)(=O)=O)C(=O)OC. The molecule has 90 valence electrons. The summed E-state index contributed by atoms with van der Waals surface area (Å²) in [7, 11) is 0.0806. The summed E-state index contributed by atoms with van der Waals surface area (Å²) in [5.74, 6) is 0.812. The van der Waals surface area contributed by atoms with E-state index in [-0.39, 0.29) is 17.8 Å². The Balaban J connectivity index is 3.78. The maximum absolute atomic E-state index is 11.1. The number of sulfone groups is 1. The molecule has 0 rings (SSSR count). The fourth-order valence-corrected chi connectivity index (χ4v) is 3.21. The van der Waals surface area contributed by atoms with Crippen LogP contribution in [-0.4, -0.2) is 58.1 Å². The van der Waals surface area contributed by atoms with Crippen LogP contribution in [0.2, 0.25) is 0 Å². The highest BCUT2D eigenvalue weighted by molar-refractivity contribution is 8.00. The summed E-state index contributed by atoms with van der Waals surface area (Å²) in [6, 6.07) is -0.375. The second-order valence-electron chi connectivity index (χ2n) is 3.07. The topological polar surface area (TPSA) is 72.5 Å². The molecule has 0 amide bonds. The molecule has 0 aliphatic rings. The van der Waals surface area contributed by atoms with Crippen molar-refractivity contribution in [2.45, 2.75) is 6.04 Å². The lowest BCUT2D eigenvalue weighted by atomic mass is 10.3. The third kappa shape index (κ3) is 7.64. The first-order chi connectivity index (χ1) is 6.90. The van der Waals surface area contributed by atoms with Crippen LogP contribution in [0.25, 0.3) is 0 Å². The molecule has 0 fully saturated rings. The maximum atomic E-state index is 11.1. The molecule has 0 saturated carbocycles. The van der Waals surface area contributed by atoms with Crippen molar-refractivity contribution in [3.63, 3.8) is 0 Å². The standard InChI is InChI=1S/C8H17NO4S2/c1-9-7(8(10)13-2)6-14-4-5-15(3,11)12/h7,9H,4-6H2,1-3H3. The maximum Gasteiger partial charge on any atom is 0.323 e. The Morgan fingerprint density at radius 1 is 1.53 bits per heavy atom. The number of methoxy groups -OCH3 is 1. The van der Waals surface area contributed by atoms with Crippen LogP contribution in [0.1, 0.15) is 0 Å². The first kappa shape index (κ1) is 14.7. The van der Waals surface area contributed by atoms with Gasteiger partial charge in [0.15, 0.2) is 0 Å². The first-order valence-corrected chi connectivity index (χ1v) is 7.62. The predicted octanol–water partition coefficient (Wildman–Crippen LogP) is -0.475. The van der Waals surface area contributed by atoms with Crippen molar-refractivity contribution < 1.29 is 17.9 Å². The van der Waals surface area contributed by atoms with Crippen molar-refractivity contribution in [2.75, 3.05) is 37.7 Å². The number of likely N-dealkylation sites (N-methyl/N-ethyl adjacent to an activating group) is 1. The number of thioether (sulfide) groups is 1. The number of rotatable bonds is 7. The lowest BCUT2D eigenvalue weighted by Crippen LogP contribution is -2.37. The zero-order valence-corrected chi connectivity index (χ0v) is 10.8. The molecular formula is C8H17NO4S2. The van der Waals surface area contributed by atoms with Gasteiger partial charge in [-0.25, -0.2) is 8.42 Å². The number of esters is 1. The minimum Gasteiger partial charge on any atom is -0.468 e. The second-order valence-corrected chi connectivity index (χ2v) is 6.48. The van der Waals surface area contributed by atoms with Crippen LogP contribution in [0.15, 0.2) is 0 Å².